The topological polar surface area (TPSA) is 132 Å². The van der Waals surface area contributed by atoms with Crippen molar-refractivity contribution in [3.05, 3.63) is 293 Å². The quantitative estimate of drug-likeness (QED) is 0.0186. The largest absolute Gasteiger partial charge is 0.423 e. The summed E-state index contributed by atoms with van der Waals surface area (Å²) in [6.45, 7) is 10.9. The maximum absolute atomic E-state index is 12.1. The second-order valence-electron chi connectivity index (χ2n) is 25.7. The average molecular weight is 1770 g/mol. The first-order chi connectivity index (χ1) is 53.0. The van der Waals surface area contributed by atoms with E-state index in [1.807, 2.05) is 60.7 Å². The van der Waals surface area contributed by atoms with Crippen LogP contribution >= 0.6 is 121 Å². The van der Waals surface area contributed by atoms with E-state index in [4.69, 9.17) is 145 Å². The second-order valence-corrected chi connectivity index (χ2v) is 29.9. The Hall–Kier alpha value is -8.25. The lowest BCUT2D eigenvalue weighted by molar-refractivity contribution is 0.0725. The number of ether oxygens (including phenoxy) is 5. The molecule has 5 radical (unpaired) electrons. The van der Waals surface area contributed by atoms with Crippen LogP contribution in [0.3, 0.4) is 0 Å². The van der Waals surface area contributed by atoms with Crippen molar-refractivity contribution in [2.75, 3.05) is 0 Å². The summed E-state index contributed by atoms with van der Waals surface area (Å²) in [6, 6.07) is 62.0. The zero-order chi connectivity index (χ0) is 79.7. The van der Waals surface area contributed by atoms with Gasteiger partial charge in [0.1, 0.15) is 28.7 Å². The molecule has 0 fully saturated rings. The number of rotatable bonds is 30. The maximum Gasteiger partial charge on any atom is 0.343 e. The minimum Gasteiger partial charge on any atom is -0.423 e. The fourth-order valence-corrected chi connectivity index (χ4v) is 12.0. The van der Waals surface area contributed by atoms with Crippen LogP contribution in [-0.4, -0.2) is 29.8 Å². The summed E-state index contributed by atoms with van der Waals surface area (Å²) in [7, 11) is 0. The molecule has 0 atom stereocenters. The second kappa shape index (κ2) is 57.7. The van der Waals surface area contributed by atoms with Crippen molar-refractivity contribution < 1.29 is 71.2 Å². The lowest BCUT2D eigenvalue weighted by Crippen LogP contribution is -2.08. The summed E-state index contributed by atoms with van der Waals surface area (Å²) in [5.41, 5.74) is 8.83. The molecule has 0 N–H and O–H groups in total. The van der Waals surface area contributed by atoms with Gasteiger partial charge < -0.3 is 23.7 Å². The van der Waals surface area contributed by atoms with Crippen molar-refractivity contribution >= 4 is 151 Å². The summed E-state index contributed by atoms with van der Waals surface area (Å²) in [5, 5.41) is 2.04. The molecule has 0 amide bonds. The smallest absolute Gasteiger partial charge is 0.343 e. The molecule has 10 aromatic rings. The maximum atomic E-state index is 12.1. The first-order valence-corrected chi connectivity index (χ1v) is 40.8. The number of halogens is 10. The Morgan fingerprint density at radius 3 is 0.487 bits per heavy atom. The van der Waals surface area contributed by atoms with Crippen molar-refractivity contribution in [1.29, 1.82) is 0 Å². The van der Waals surface area contributed by atoms with Crippen LogP contribution in [0.15, 0.2) is 237 Å². The van der Waals surface area contributed by atoms with Crippen LogP contribution in [0.1, 0.15) is 211 Å². The van der Waals surface area contributed by atoms with Gasteiger partial charge in [0, 0.05) is 30.3 Å². The standard InChI is InChI=1S/5C18H18ClO2S.5FH/c5*1-2-3-4-5-13-6-8-14(9-7-13)18(20)21-15-10-11-17(22)16(19)12-15;;;;;/h5*6-12H,2-5H2,1H3;5*1H. The van der Waals surface area contributed by atoms with Gasteiger partial charge in [-0.25, -0.2) is 24.0 Å². The van der Waals surface area contributed by atoms with Gasteiger partial charge in [0.2, 0.25) is 0 Å². The minimum absolute atomic E-state index is 0. The molecule has 0 unspecified atom stereocenters. The Bertz CT molecular complexity index is 3890. The third-order valence-electron chi connectivity index (χ3n) is 16.9. The molecule has 615 valence electrons. The number of aryl methyl sites for hydroxylation is 5. The van der Waals surface area contributed by atoms with E-state index in [1.165, 1.54) is 124 Å². The molecule has 25 heteroatoms. The first-order valence-electron chi connectivity index (χ1n) is 36.9. The number of esters is 5. The van der Waals surface area contributed by atoms with Crippen LogP contribution in [0.25, 0.3) is 0 Å². The zero-order valence-corrected chi connectivity index (χ0v) is 72.3. The van der Waals surface area contributed by atoms with Gasteiger partial charge in [-0.15, -0.1) is 0 Å². The molecular formula is C90H95Cl5F5O10S5. The number of unbranched alkanes of at least 4 members (excludes halogenated alkanes) is 10. The predicted octanol–water partition coefficient (Wildman–Crippen LogP) is 30.0. The normalized spacial score (nSPS) is 10.0. The van der Waals surface area contributed by atoms with Gasteiger partial charge in [-0.2, -0.15) is 0 Å². The highest BCUT2D eigenvalue weighted by atomic mass is 35.5. The highest BCUT2D eigenvalue weighted by molar-refractivity contribution is 7.81. The first kappa shape index (κ1) is 105. The number of benzene rings is 10. The van der Waals surface area contributed by atoms with Gasteiger partial charge in [-0.05, 0) is 213 Å². The van der Waals surface area contributed by atoms with Gasteiger partial charge in [-0.3, -0.25) is 23.5 Å². The number of hydrogen-bond acceptors (Lipinski definition) is 10. The molecular weight excluding hydrogens is 1670 g/mol. The molecule has 0 aliphatic rings. The summed E-state index contributed by atoms with van der Waals surface area (Å²) < 4.78 is 26.5. The predicted molar refractivity (Wildman–Crippen MR) is 472 cm³/mol. The summed E-state index contributed by atoms with van der Waals surface area (Å²) in [5.74, 6) is 0.0181. The van der Waals surface area contributed by atoms with Crippen LogP contribution in [0.2, 0.25) is 25.1 Å². The van der Waals surface area contributed by atoms with Crippen LogP contribution in [0.5, 0.6) is 28.7 Å². The lowest BCUT2D eigenvalue weighted by Gasteiger charge is -2.06. The van der Waals surface area contributed by atoms with Gasteiger partial charge >= 0.3 is 29.8 Å². The molecule has 0 saturated heterocycles. The van der Waals surface area contributed by atoms with Crippen LogP contribution in [0, 0.1) is 0 Å². The summed E-state index contributed by atoms with van der Waals surface area (Å²) in [4.78, 5) is 63.2. The van der Waals surface area contributed by atoms with Crippen LogP contribution < -0.4 is 23.7 Å². The van der Waals surface area contributed by atoms with E-state index < -0.39 is 29.8 Å². The van der Waals surface area contributed by atoms with Crippen molar-refractivity contribution in [2.24, 2.45) is 0 Å². The molecule has 0 aromatic heterocycles. The summed E-state index contributed by atoms with van der Waals surface area (Å²) in [6.07, 6.45) is 23.2. The van der Waals surface area contributed by atoms with Crippen LogP contribution in [0.4, 0.5) is 23.5 Å². The Morgan fingerprint density at radius 2 is 0.365 bits per heavy atom. The molecule has 0 spiro atoms. The Kier molecular flexibility index (Phi) is 52.6. The van der Waals surface area contributed by atoms with E-state index in [0.29, 0.717) is 106 Å². The van der Waals surface area contributed by atoms with Crippen LogP contribution in [-0.2, 0) is 32.1 Å². The van der Waals surface area contributed by atoms with E-state index in [2.05, 4.69) is 34.6 Å². The molecule has 10 aromatic carbocycles. The average Bonchev–Trinajstić information content (AvgIpc) is 0.865. The Labute approximate surface area is 725 Å². The lowest BCUT2D eigenvalue weighted by atomic mass is 10.1. The highest BCUT2D eigenvalue weighted by Gasteiger charge is 2.16. The van der Waals surface area contributed by atoms with E-state index in [9.17, 15) is 24.0 Å². The van der Waals surface area contributed by atoms with E-state index in [-0.39, 0.29) is 23.5 Å². The van der Waals surface area contributed by atoms with Crippen molar-refractivity contribution in [2.45, 2.75) is 188 Å². The summed E-state index contributed by atoms with van der Waals surface area (Å²) >= 11 is 54.7. The Morgan fingerprint density at radius 1 is 0.226 bits per heavy atom. The van der Waals surface area contributed by atoms with Gasteiger partial charge in [0.05, 0.1) is 77.4 Å². The molecule has 10 rings (SSSR count). The molecule has 10 nitrogen and oxygen atoms in total. The monoisotopic (exact) mass is 1770 g/mol. The number of carbonyl (C=O) groups excluding carboxylic acids is 5. The minimum atomic E-state index is -0.395. The third kappa shape index (κ3) is 38.6. The van der Waals surface area contributed by atoms with E-state index in [0.717, 1.165) is 32.1 Å². The van der Waals surface area contributed by atoms with E-state index >= 15 is 0 Å². The number of carbonyl (C=O) groups is 5. The molecule has 115 heavy (non-hydrogen) atoms. The SMILES string of the molecule is CCCCCc1ccc(C(=O)Oc2ccc([S])c(Cl)c2)cc1.CCCCCc1ccc(C(=O)Oc2ccc([S])c(Cl)c2)cc1.CCCCCc1ccc(C(=O)Oc2ccc([S])c(Cl)c2)cc1.CCCCCc1ccc(C(=O)Oc2ccc([S])c(Cl)c2)cc1.CCCCCc1ccc(C(=O)Oc2ccc([S])c(Cl)c2)cc1.F.F.F.F.F. The molecule has 0 saturated carbocycles. The fraction of sp³-hybridized carbons (Fsp3) is 0.278. The molecule has 0 aliphatic heterocycles. The highest BCUT2D eigenvalue weighted by Crippen LogP contribution is 2.31. The van der Waals surface area contributed by atoms with Gasteiger partial charge in [-0.1, -0.05) is 281 Å². The number of hydrogen-bond donors (Lipinski definition) is 0. The zero-order valence-electron chi connectivity index (χ0n) is 64.4. The Balaban J connectivity index is 0.000000711. The van der Waals surface area contributed by atoms with Gasteiger partial charge in [0.25, 0.3) is 0 Å². The molecule has 0 bridgehead atoms. The fourth-order valence-electron chi connectivity index (χ4n) is 10.5. The van der Waals surface area contributed by atoms with Crippen molar-refractivity contribution in [3.8, 4) is 28.7 Å². The van der Waals surface area contributed by atoms with Gasteiger partial charge in [0.15, 0.2) is 0 Å². The van der Waals surface area contributed by atoms with Crippen molar-refractivity contribution in [3.63, 3.8) is 0 Å². The molecule has 0 heterocycles. The third-order valence-corrected chi connectivity index (χ3v) is 20.8. The van der Waals surface area contributed by atoms with E-state index in [1.54, 1.807) is 152 Å². The van der Waals surface area contributed by atoms with Crippen molar-refractivity contribution in [1.82, 2.24) is 0 Å². The molecule has 0 aliphatic carbocycles.